The number of para-hydroxylation sites is 1. The number of ether oxygens (including phenoxy) is 3. The Morgan fingerprint density at radius 2 is 1.79 bits per heavy atom. The van der Waals surface area contributed by atoms with Crippen molar-refractivity contribution in [2.75, 3.05) is 14.2 Å². The third kappa shape index (κ3) is 4.85. The van der Waals surface area contributed by atoms with E-state index in [0.29, 0.717) is 34.2 Å². The fourth-order valence-corrected chi connectivity index (χ4v) is 3.13. The number of hydrazone groups is 1. The zero-order chi connectivity index (χ0) is 24.1. The van der Waals surface area contributed by atoms with Crippen LogP contribution in [-0.4, -0.2) is 37.4 Å². The number of carboxylic acids is 1. The van der Waals surface area contributed by atoms with Crippen LogP contribution in [0.5, 0.6) is 17.2 Å². The number of aromatic carboxylic acids is 1. The van der Waals surface area contributed by atoms with Crippen molar-refractivity contribution in [2.24, 2.45) is 5.10 Å². The number of carboxylic acid groups (broad SMARTS) is 1. The molecule has 174 valence electrons. The summed E-state index contributed by atoms with van der Waals surface area (Å²) in [4.78, 5) is 23.3. The fraction of sp³-hybridized carbons (Fsp3) is 0.125. The number of amides is 1. The summed E-state index contributed by atoms with van der Waals surface area (Å²) in [7, 11) is 3.01. The van der Waals surface area contributed by atoms with Gasteiger partial charge in [-0.3, -0.25) is 4.79 Å². The molecule has 0 unspecified atom stereocenters. The molecule has 4 aromatic rings. The molecule has 2 N–H and O–H groups in total. The first kappa shape index (κ1) is 22.5. The number of nitrogens with zero attached hydrogens (tertiary/aromatic N) is 1. The maximum atomic E-state index is 12.4. The van der Waals surface area contributed by atoms with Crippen LogP contribution < -0.4 is 19.6 Å². The summed E-state index contributed by atoms with van der Waals surface area (Å²) in [6.45, 7) is 0.0232. The van der Waals surface area contributed by atoms with E-state index in [1.54, 1.807) is 36.4 Å². The van der Waals surface area contributed by atoms with Crippen LogP contribution in [0, 0.1) is 0 Å². The van der Waals surface area contributed by atoms with Crippen LogP contribution in [0.25, 0.3) is 11.0 Å². The van der Waals surface area contributed by atoms with Gasteiger partial charge < -0.3 is 28.2 Å². The molecule has 10 heteroatoms. The van der Waals surface area contributed by atoms with Gasteiger partial charge in [0.05, 0.1) is 20.4 Å². The van der Waals surface area contributed by atoms with Crippen LogP contribution in [0.15, 0.2) is 68.5 Å². The summed E-state index contributed by atoms with van der Waals surface area (Å²) in [5.41, 5.74) is 3.54. The van der Waals surface area contributed by atoms with Gasteiger partial charge in [-0.25, -0.2) is 10.2 Å². The summed E-state index contributed by atoms with van der Waals surface area (Å²) in [6.07, 6.45) is 1.44. The lowest BCUT2D eigenvalue weighted by molar-refractivity contribution is 0.0657. The van der Waals surface area contributed by atoms with E-state index < -0.39 is 11.9 Å². The maximum absolute atomic E-state index is 12.4. The predicted molar refractivity (Wildman–Crippen MR) is 121 cm³/mol. The van der Waals surface area contributed by atoms with Gasteiger partial charge in [0, 0.05) is 5.39 Å². The van der Waals surface area contributed by atoms with E-state index in [0.717, 1.165) is 5.39 Å². The lowest BCUT2D eigenvalue weighted by Gasteiger charge is -2.10. The molecule has 2 aromatic carbocycles. The maximum Gasteiger partial charge on any atom is 0.371 e. The van der Waals surface area contributed by atoms with Crippen molar-refractivity contribution in [3.05, 3.63) is 77.4 Å². The highest BCUT2D eigenvalue weighted by Gasteiger charge is 2.14. The molecule has 0 aliphatic carbocycles. The molecular weight excluding hydrogens is 444 g/mol. The Balaban J connectivity index is 1.40. The number of furan rings is 2. The molecule has 0 atom stereocenters. The number of carbonyl (C=O) groups excluding carboxylic acids is 1. The van der Waals surface area contributed by atoms with E-state index in [9.17, 15) is 9.59 Å². The minimum absolute atomic E-state index is 0.0232. The molecule has 10 nitrogen and oxygen atoms in total. The SMILES string of the molecule is COc1cc(C=NNC(=O)c2cc3cccc(OC)c3o2)ccc1OCc1ccc(C(=O)O)o1. The molecule has 0 saturated heterocycles. The van der Waals surface area contributed by atoms with Gasteiger partial charge in [0.25, 0.3) is 0 Å². The lowest BCUT2D eigenvalue weighted by Crippen LogP contribution is -2.16. The number of benzene rings is 2. The molecule has 0 fully saturated rings. The van der Waals surface area contributed by atoms with Crippen molar-refractivity contribution in [1.29, 1.82) is 0 Å². The van der Waals surface area contributed by atoms with Crippen molar-refractivity contribution in [2.45, 2.75) is 6.61 Å². The molecule has 34 heavy (non-hydrogen) atoms. The molecule has 2 heterocycles. The van der Waals surface area contributed by atoms with Crippen molar-refractivity contribution in [1.82, 2.24) is 5.43 Å². The first-order chi connectivity index (χ1) is 16.5. The molecule has 0 bridgehead atoms. The number of hydrogen-bond acceptors (Lipinski definition) is 8. The van der Waals surface area contributed by atoms with Crippen LogP contribution >= 0.6 is 0 Å². The summed E-state index contributed by atoms with van der Waals surface area (Å²) >= 11 is 0. The molecule has 1 amide bonds. The second-order valence-electron chi connectivity index (χ2n) is 6.96. The Morgan fingerprint density at radius 1 is 0.971 bits per heavy atom. The van der Waals surface area contributed by atoms with Crippen molar-refractivity contribution < 1.29 is 37.7 Å². The van der Waals surface area contributed by atoms with Gasteiger partial charge in [0.15, 0.2) is 28.6 Å². The van der Waals surface area contributed by atoms with E-state index >= 15 is 0 Å². The van der Waals surface area contributed by atoms with E-state index in [-0.39, 0.29) is 18.1 Å². The van der Waals surface area contributed by atoms with E-state index in [4.69, 9.17) is 28.2 Å². The summed E-state index contributed by atoms with van der Waals surface area (Å²) in [5, 5.41) is 13.6. The zero-order valence-electron chi connectivity index (χ0n) is 18.2. The highest BCUT2D eigenvalue weighted by Crippen LogP contribution is 2.29. The molecule has 0 aliphatic heterocycles. The Hall–Kier alpha value is -4.73. The van der Waals surface area contributed by atoms with Gasteiger partial charge in [-0.1, -0.05) is 12.1 Å². The average Bonchev–Trinajstić information content (AvgIpc) is 3.50. The van der Waals surface area contributed by atoms with Gasteiger partial charge in [-0.05, 0) is 48.0 Å². The van der Waals surface area contributed by atoms with Crippen molar-refractivity contribution >= 4 is 29.1 Å². The third-order valence-electron chi connectivity index (χ3n) is 4.76. The van der Waals surface area contributed by atoms with Crippen LogP contribution in [0.3, 0.4) is 0 Å². The largest absolute Gasteiger partial charge is 0.493 e. The summed E-state index contributed by atoms with van der Waals surface area (Å²) < 4.78 is 27.0. The van der Waals surface area contributed by atoms with Gasteiger partial charge >= 0.3 is 11.9 Å². The van der Waals surface area contributed by atoms with E-state index in [1.165, 1.54) is 32.6 Å². The highest BCUT2D eigenvalue weighted by molar-refractivity contribution is 5.97. The Morgan fingerprint density at radius 3 is 2.53 bits per heavy atom. The van der Waals surface area contributed by atoms with E-state index in [1.807, 2.05) is 6.07 Å². The minimum atomic E-state index is -1.15. The Kier molecular flexibility index (Phi) is 6.49. The Bertz CT molecular complexity index is 1370. The smallest absolute Gasteiger partial charge is 0.371 e. The number of methoxy groups -OCH3 is 2. The Labute approximate surface area is 193 Å². The first-order valence-corrected chi connectivity index (χ1v) is 10.0. The summed E-state index contributed by atoms with van der Waals surface area (Å²) in [6, 6.07) is 14.9. The molecule has 0 spiro atoms. The van der Waals surface area contributed by atoms with Gasteiger partial charge in [-0.2, -0.15) is 5.10 Å². The van der Waals surface area contributed by atoms with Gasteiger partial charge in [-0.15, -0.1) is 0 Å². The van der Waals surface area contributed by atoms with Crippen LogP contribution in [0.4, 0.5) is 0 Å². The third-order valence-corrected chi connectivity index (χ3v) is 4.76. The molecular formula is C24H20N2O8. The van der Waals surface area contributed by atoms with Crippen LogP contribution in [0.1, 0.15) is 32.4 Å². The molecule has 2 aromatic heterocycles. The van der Waals surface area contributed by atoms with Gasteiger partial charge in [0.1, 0.15) is 12.4 Å². The van der Waals surface area contributed by atoms with Crippen molar-refractivity contribution in [3.8, 4) is 17.2 Å². The van der Waals surface area contributed by atoms with Gasteiger partial charge in [0.2, 0.25) is 5.76 Å². The van der Waals surface area contributed by atoms with Crippen LogP contribution in [0.2, 0.25) is 0 Å². The molecule has 0 radical (unpaired) electrons. The highest BCUT2D eigenvalue weighted by atomic mass is 16.5. The second kappa shape index (κ2) is 9.82. The first-order valence-electron chi connectivity index (χ1n) is 10.0. The normalized spacial score (nSPS) is 11.0. The number of carbonyl (C=O) groups is 2. The second-order valence-corrected chi connectivity index (χ2v) is 6.96. The molecule has 4 rings (SSSR count). The average molecular weight is 464 g/mol. The van der Waals surface area contributed by atoms with E-state index in [2.05, 4.69) is 10.5 Å². The topological polar surface area (TPSA) is 133 Å². The fourth-order valence-electron chi connectivity index (χ4n) is 3.13. The lowest BCUT2D eigenvalue weighted by atomic mass is 10.2. The zero-order valence-corrected chi connectivity index (χ0v) is 18.2. The minimum Gasteiger partial charge on any atom is -0.493 e. The number of fused-ring (bicyclic) bond motifs is 1. The van der Waals surface area contributed by atoms with Crippen molar-refractivity contribution in [3.63, 3.8) is 0 Å². The summed E-state index contributed by atoms with van der Waals surface area (Å²) in [5.74, 6) is 0.000759. The monoisotopic (exact) mass is 464 g/mol. The number of nitrogens with one attached hydrogen (secondary N) is 1. The predicted octanol–water partition coefficient (Wildman–Crippen LogP) is 4.08. The molecule has 0 saturated carbocycles. The number of rotatable bonds is 9. The standard InChI is InChI=1S/C24H20N2O8/c1-30-18-5-3-4-15-11-21(34-22(15)18)23(27)26-25-12-14-6-8-17(20(10-14)31-2)32-13-16-7-9-19(33-16)24(28)29/h3-12H,13H2,1-2H3,(H,26,27)(H,28,29). The van der Waals surface area contributed by atoms with Crippen LogP contribution in [-0.2, 0) is 6.61 Å². The number of hydrogen-bond donors (Lipinski definition) is 2. The quantitative estimate of drug-likeness (QED) is 0.280. The molecule has 0 aliphatic rings.